The molecule has 104 valence electrons. The van der Waals surface area contributed by atoms with Gasteiger partial charge in [-0.3, -0.25) is 10.1 Å². The quantitative estimate of drug-likeness (QED) is 0.672. The molecule has 0 heterocycles. The summed E-state index contributed by atoms with van der Waals surface area (Å²) in [4.78, 5) is 10.4. The van der Waals surface area contributed by atoms with E-state index in [-0.39, 0.29) is 23.7 Å². The van der Waals surface area contributed by atoms with Crippen molar-refractivity contribution in [1.82, 2.24) is 5.32 Å². The number of hydrogen-bond acceptors (Lipinski definition) is 4. The normalized spacial score (nSPS) is 10.3. The molecular formula is C14H13FN2O3. The molecule has 0 atom stereocenters. The SMILES string of the molecule is CNCc1c(F)cccc1Oc1ccccc1[N+](=O)[O-]. The number of benzene rings is 2. The van der Waals surface area contributed by atoms with Crippen LogP contribution < -0.4 is 10.1 Å². The van der Waals surface area contributed by atoms with Crippen LogP contribution in [-0.2, 0) is 6.54 Å². The van der Waals surface area contributed by atoms with Crippen LogP contribution in [0.3, 0.4) is 0 Å². The summed E-state index contributed by atoms with van der Waals surface area (Å²) in [6, 6.07) is 10.4. The fourth-order valence-electron chi connectivity index (χ4n) is 1.80. The van der Waals surface area contributed by atoms with Gasteiger partial charge in [0, 0.05) is 18.2 Å². The van der Waals surface area contributed by atoms with Crippen LogP contribution in [0.1, 0.15) is 5.56 Å². The molecule has 0 aliphatic rings. The van der Waals surface area contributed by atoms with Crippen molar-refractivity contribution in [2.45, 2.75) is 6.54 Å². The molecule has 0 amide bonds. The Kier molecular flexibility index (Phi) is 4.27. The van der Waals surface area contributed by atoms with Crippen LogP contribution in [0.2, 0.25) is 0 Å². The van der Waals surface area contributed by atoms with Gasteiger partial charge in [0.1, 0.15) is 11.6 Å². The minimum Gasteiger partial charge on any atom is -0.450 e. The largest absolute Gasteiger partial charge is 0.450 e. The third kappa shape index (κ3) is 2.92. The third-order valence-electron chi connectivity index (χ3n) is 2.71. The first-order valence-electron chi connectivity index (χ1n) is 5.96. The number of para-hydroxylation sites is 2. The molecule has 0 aromatic heterocycles. The standard InChI is InChI=1S/C14H13FN2O3/c1-16-9-10-11(15)5-4-8-13(10)20-14-7-3-2-6-12(14)17(18)19/h2-8,16H,9H2,1H3. The summed E-state index contributed by atoms with van der Waals surface area (Å²) in [5.74, 6) is -0.0791. The van der Waals surface area contributed by atoms with Gasteiger partial charge in [-0.05, 0) is 25.2 Å². The first-order chi connectivity index (χ1) is 9.63. The number of rotatable bonds is 5. The van der Waals surface area contributed by atoms with Crippen molar-refractivity contribution < 1.29 is 14.1 Å². The van der Waals surface area contributed by atoms with Crippen molar-refractivity contribution >= 4 is 5.69 Å². The van der Waals surface area contributed by atoms with Gasteiger partial charge in [0.15, 0.2) is 0 Å². The second kappa shape index (κ2) is 6.12. The number of ether oxygens (including phenoxy) is 1. The molecule has 0 aliphatic heterocycles. The predicted octanol–water partition coefficient (Wildman–Crippen LogP) is 3.25. The summed E-state index contributed by atoms with van der Waals surface area (Å²) in [6.07, 6.45) is 0. The molecule has 5 nitrogen and oxygen atoms in total. The lowest BCUT2D eigenvalue weighted by Crippen LogP contribution is -2.08. The Labute approximate surface area is 115 Å². The van der Waals surface area contributed by atoms with Crippen molar-refractivity contribution in [3.63, 3.8) is 0 Å². The van der Waals surface area contributed by atoms with E-state index in [1.807, 2.05) is 0 Å². The number of nitro benzene ring substituents is 1. The lowest BCUT2D eigenvalue weighted by atomic mass is 10.2. The summed E-state index contributed by atoms with van der Waals surface area (Å²) < 4.78 is 19.3. The number of hydrogen-bond donors (Lipinski definition) is 1. The van der Waals surface area contributed by atoms with Gasteiger partial charge in [-0.2, -0.15) is 0 Å². The molecule has 0 fully saturated rings. The van der Waals surface area contributed by atoms with E-state index in [0.29, 0.717) is 5.56 Å². The molecule has 2 rings (SSSR count). The average Bonchev–Trinajstić information content (AvgIpc) is 2.43. The first kappa shape index (κ1) is 14.0. The summed E-state index contributed by atoms with van der Waals surface area (Å²) in [5.41, 5.74) is 0.167. The van der Waals surface area contributed by atoms with Crippen molar-refractivity contribution in [2.24, 2.45) is 0 Å². The van der Waals surface area contributed by atoms with Crippen molar-refractivity contribution in [1.29, 1.82) is 0 Å². The number of nitro groups is 1. The van der Waals surface area contributed by atoms with E-state index in [1.54, 1.807) is 25.2 Å². The Balaban J connectivity index is 2.40. The van der Waals surface area contributed by atoms with E-state index >= 15 is 0 Å². The van der Waals surface area contributed by atoms with Crippen LogP contribution in [0, 0.1) is 15.9 Å². The fraction of sp³-hybridized carbons (Fsp3) is 0.143. The minimum atomic E-state index is -0.535. The Hall–Kier alpha value is -2.47. The highest BCUT2D eigenvalue weighted by Crippen LogP contribution is 2.33. The first-order valence-corrected chi connectivity index (χ1v) is 5.96. The summed E-state index contributed by atoms with van der Waals surface area (Å²) in [7, 11) is 1.68. The number of nitrogens with zero attached hydrogens (tertiary/aromatic N) is 1. The van der Waals surface area contributed by atoms with Crippen LogP contribution in [0.4, 0.5) is 10.1 Å². The third-order valence-corrected chi connectivity index (χ3v) is 2.71. The molecule has 6 heteroatoms. The van der Waals surface area contributed by atoms with Crippen LogP contribution >= 0.6 is 0 Å². The van der Waals surface area contributed by atoms with E-state index in [0.717, 1.165) is 0 Å². The van der Waals surface area contributed by atoms with Gasteiger partial charge in [0.25, 0.3) is 0 Å². The average molecular weight is 276 g/mol. The molecule has 2 aromatic carbocycles. The molecule has 0 saturated carbocycles. The van der Waals surface area contributed by atoms with Crippen LogP contribution in [0.25, 0.3) is 0 Å². The minimum absolute atomic E-state index is 0.0838. The lowest BCUT2D eigenvalue weighted by molar-refractivity contribution is -0.385. The molecule has 1 N–H and O–H groups in total. The maximum atomic E-state index is 13.7. The number of halogens is 1. The molecule has 0 spiro atoms. The molecule has 0 radical (unpaired) electrons. The lowest BCUT2D eigenvalue weighted by Gasteiger charge is -2.11. The van der Waals surface area contributed by atoms with Crippen LogP contribution in [-0.4, -0.2) is 12.0 Å². The zero-order valence-electron chi connectivity index (χ0n) is 10.8. The van der Waals surface area contributed by atoms with Gasteiger partial charge in [0.05, 0.1) is 4.92 Å². The molecular weight excluding hydrogens is 263 g/mol. The maximum absolute atomic E-state index is 13.7. The van der Waals surface area contributed by atoms with Gasteiger partial charge in [-0.1, -0.05) is 18.2 Å². The van der Waals surface area contributed by atoms with Crippen LogP contribution in [0.5, 0.6) is 11.5 Å². The molecule has 0 aliphatic carbocycles. The van der Waals surface area contributed by atoms with E-state index in [1.165, 1.54) is 24.3 Å². The van der Waals surface area contributed by atoms with Gasteiger partial charge in [0.2, 0.25) is 5.75 Å². The Morgan fingerprint density at radius 2 is 1.90 bits per heavy atom. The molecule has 0 bridgehead atoms. The summed E-state index contributed by atoms with van der Waals surface area (Å²) in [6.45, 7) is 0.267. The van der Waals surface area contributed by atoms with E-state index < -0.39 is 10.7 Å². The topological polar surface area (TPSA) is 64.4 Å². The maximum Gasteiger partial charge on any atom is 0.311 e. The highest BCUT2D eigenvalue weighted by atomic mass is 19.1. The molecule has 0 unspecified atom stereocenters. The van der Waals surface area contributed by atoms with E-state index in [2.05, 4.69) is 5.32 Å². The fourth-order valence-corrected chi connectivity index (χ4v) is 1.80. The van der Waals surface area contributed by atoms with Crippen molar-refractivity contribution in [3.8, 4) is 11.5 Å². The smallest absolute Gasteiger partial charge is 0.311 e. The second-order valence-electron chi connectivity index (χ2n) is 4.07. The molecule has 20 heavy (non-hydrogen) atoms. The summed E-state index contributed by atoms with van der Waals surface area (Å²) in [5, 5.41) is 13.8. The predicted molar refractivity (Wildman–Crippen MR) is 72.3 cm³/mol. The summed E-state index contributed by atoms with van der Waals surface area (Å²) >= 11 is 0. The highest BCUT2D eigenvalue weighted by Gasteiger charge is 2.17. The Bertz CT molecular complexity index is 632. The monoisotopic (exact) mass is 276 g/mol. The zero-order valence-corrected chi connectivity index (χ0v) is 10.8. The van der Waals surface area contributed by atoms with Crippen molar-refractivity contribution in [3.05, 3.63) is 64.0 Å². The Morgan fingerprint density at radius 1 is 1.20 bits per heavy atom. The van der Waals surface area contributed by atoms with Gasteiger partial charge in [-0.15, -0.1) is 0 Å². The second-order valence-corrected chi connectivity index (χ2v) is 4.07. The molecule has 2 aromatic rings. The highest BCUT2D eigenvalue weighted by molar-refractivity contribution is 5.49. The van der Waals surface area contributed by atoms with Gasteiger partial charge >= 0.3 is 5.69 Å². The van der Waals surface area contributed by atoms with Gasteiger partial charge in [-0.25, -0.2) is 4.39 Å². The van der Waals surface area contributed by atoms with E-state index in [4.69, 9.17) is 4.74 Å². The zero-order chi connectivity index (χ0) is 14.5. The van der Waals surface area contributed by atoms with Crippen LogP contribution in [0.15, 0.2) is 42.5 Å². The van der Waals surface area contributed by atoms with E-state index in [9.17, 15) is 14.5 Å². The number of nitrogens with one attached hydrogen (secondary N) is 1. The van der Waals surface area contributed by atoms with Crippen molar-refractivity contribution in [2.75, 3.05) is 7.05 Å². The van der Waals surface area contributed by atoms with Gasteiger partial charge < -0.3 is 10.1 Å². The molecule has 0 saturated heterocycles. The Morgan fingerprint density at radius 3 is 2.60 bits per heavy atom.